The molecule has 9 heteroatoms. The molecular formula is C34H34N4O5. The molecule has 0 unspecified atom stereocenters. The third-order valence-corrected chi connectivity index (χ3v) is 8.67. The van der Waals surface area contributed by atoms with Gasteiger partial charge in [0.1, 0.15) is 0 Å². The first kappa shape index (κ1) is 28.0. The number of fused-ring (bicyclic) bond motifs is 7. The van der Waals surface area contributed by atoms with Crippen molar-refractivity contribution in [2.45, 2.75) is 53.9 Å². The molecule has 6 rings (SSSR count). The summed E-state index contributed by atoms with van der Waals surface area (Å²) in [6, 6.07) is 0. The van der Waals surface area contributed by atoms with Crippen LogP contribution in [0.3, 0.4) is 0 Å². The molecule has 0 fully saturated rings. The van der Waals surface area contributed by atoms with E-state index in [9.17, 15) is 20.1 Å². The molecule has 0 radical (unpaired) electrons. The monoisotopic (exact) mass is 578 g/mol. The van der Waals surface area contributed by atoms with E-state index in [4.69, 9.17) is 9.73 Å². The van der Waals surface area contributed by atoms with Gasteiger partial charge in [0.2, 0.25) is 0 Å². The number of aromatic nitrogens is 3. The minimum Gasteiger partial charge on any atom is -0.481 e. The number of aliphatic hydroxyl groups excluding tert-OH is 2. The van der Waals surface area contributed by atoms with Gasteiger partial charge in [-0.3, -0.25) is 4.79 Å². The van der Waals surface area contributed by atoms with Crippen LogP contribution in [0.4, 0.5) is 0 Å². The molecule has 3 aliphatic heterocycles. The first-order valence-corrected chi connectivity index (χ1v) is 14.3. The molecule has 6 N–H and O–H groups in total. The van der Waals surface area contributed by atoms with Crippen molar-refractivity contribution in [1.82, 2.24) is 15.0 Å². The number of nitrogens with zero attached hydrogens (tertiary/aromatic N) is 1. The van der Waals surface area contributed by atoms with E-state index < -0.39 is 17.9 Å². The van der Waals surface area contributed by atoms with Gasteiger partial charge in [-0.25, -0.2) is 4.99 Å². The largest absolute Gasteiger partial charge is 0.481 e. The zero-order valence-electron chi connectivity index (χ0n) is 24.8. The second-order valence-corrected chi connectivity index (χ2v) is 11.1. The summed E-state index contributed by atoms with van der Waals surface area (Å²) >= 11 is 0. The van der Waals surface area contributed by atoms with Crippen molar-refractivity contribution in [1.29, 1.82) is 0 Å². The van der Waals surface area contributed by atoms with Crippen LogP contribution in [0, 0.1) is 20.8 Å². The number of aliphatic hydroxyl groups is 2. The number of carboxylic acid groups (broad SMARTS) is 1. The average Bonchev–Trinajstić information content (AvgIpc) is 3.61. The molecule has 0 aliphatic carbocycles. The maximum absolute atomic E-state index is 11.6. The fraction of sp³-hybridized carbons (Fsp3) is 0.235. The SMILES string of the molecule is C=Cc1c2[nH]c(c1C)C=C1N=C(C(CCC(=O)O)=C1C)C1=c3[nH]c(c(C)c3=C(O)OC(O)=C1)C=c1[nH]c(c(C)c1CC)=C2. The Labute approximate surface area is 247 Å². The molecular weight excluding hydrogens is 544 g/mol. The Morgan fingerprint density at radius 3 is 2.37 bits per heavy atom. The number of H-pyrrole nitrogens is 3. The van der Waals surface area contributed by atoms with Crippen molar-refractivity contribution < 1.29 is 24.9 Å². The van der Waals surface area contributed by atoms with E-state index in [1.807, 2.05) is 39.0 Å². The molecule has 0 saturated carbocycles. The fourth-order valence-corrected chi connectivity index (χ4v) is 6.30. The Kier molecular flexibility index (Phi) is 6.68. The number of hydrogen-bond donors (Lipinski definition) is 6. The summed E-state index contributed by atoms with van der Waals surface area (Å²) in [5.41, 5.74) is 10.7. The number of hydrogen-bond acceptors (Lipinski definition) is 5. The van der Waals surface area contributed by atoms with Gasteiger partial charge in [-0.05, 0) is 92.2 Å². The van der Waals surface area contributed by atoms with Crippen LogP contribution in [0.1, 0.15) is 71.6 Å². The lowest BCUT2D eigenvalue weighted by molar-refractivity contribution is -0.136. The number of aliphatic imine (C=N–C) groups is 1. The standard InChI is InChI=1S/C34H34N4O5/c1-7-19-15(3)23-12-25-17(5)21(9-10-29(39)40)32(37-25)22-11-30(41)43-34(42)31-18(6)26(38-33(22)31)14-28-20(8-2)16(4)24(36-28)13-27(19)35-23/h7,11-14,35-36,38,41-42H,1,8-10H2,2-6H3,(H,39,40). The Morgan fingerprint density at radius 2 is 1.67 bits per heavy atom. The molecule has 0 aromatic carbocycles. The Bertz CT molecular complexity index is 2140. The molecule has 0 amide bonds. The Morgan fingerprint density at radius 1 is 0.953 bits per heavy atom. The predicted molar refractivity (Wildman–Crippen MR) is 168 cm³/mol. The first-order valence-electron chi connectivity index (χ1n) is 14.3. The molecule has 43 heavy (non-hydrogen) atoms. The summed E-state index contributed by atoms with van der Waals surface area (Å²) in [7, 11) is 0. The molecule has 0 saturated heterocycles. The van der Waals surface area contributed by atoms with Crippen LogP contribution in [-0.4, -0.2) is 42.0 Å². The highest BCUT2D eigenvalue weighted by molar-refractivity contribution is 6.32. The average molecular weight is 579 g/mol. The van der Waals surface area contributed by atoms with E-state index in [1.54, 1.807) is 0 Å². The zero-order chi connectivity index (χ0) is 30.7. The third-order valence-electron chi connectivity index (χ3n) is 8.67. The van der Waals surface area contributed by atoms with Crippen LogP contribution in [0.2, 0.25) is 0 Å². The van der Waals surface area contributed by atoms with E-state index >= 15 is 0 Å². The summed E-state index contributed by atoms with van der Waals surface area (Å²) in [4.78, 5) is 27.3. The van der Waals surface area contributed by atoms with Crippen LogP contribution in [-0.2, 0) is 16.0 Å². The van der Waals surface area contributed by atoms with Crippen molar-refractivity contribution in [3.05, 3.63) is 102 Å². The lowest BCUT2D eigenvalue weighted by Gasteiger charge is -2.08. The number of aliphatic carboxylic acids is 1. The summed E-state index contributed by atoms with van der Waals surface area (Å²) in [5, 5.41) is 34.0. The number of carbonyl (C=O) groups is 1. The minimum atomic E-state index is -0.925. The number of carboxylic acids is 1. The molecule has 0 atom stereocenters. The number of ether oxygens (including phenoxy) is 1. The third kappa shape index (κ3) is 4.48. The topological polar surface area (TPSA) is 147 Å². The van der Waals surface area contributed by atoms with Gasteiger partial charge in [0.15, 0.2) is 0 Å². The van der Waals surface area contributed by atoms with E-state index in [1.165, 1.54) is 6.08 Å². The van der Waals surface area contributed by atoms with Gasteiger partial charge in [0.25, 0.3) is 11.9 Å². The van der Waals surface area contributed by atoms with E-state index in [0.29, 0.717) is 27.5 Å². The van der Waals surface area contributed by atoms with Gasteiger partial charge < -0.3 is 35.0 Å². The van der Waals surface area contributed by atoms with Gasteiger partial charge in [0, 0.05) is 51.4 Å². The molecule has 8 bridgehead atoms. The van der Waals surface area contributed by atoms with Crippen LogP contribution >= 0.6 is 0 Å². The van der Waals surface area contributed by atoms with Crippen LogP contribution in [0.5, 0.6) is 0 Å². The molecule has 220 valence electrons. The fourth-order valence-electron chi connectivity index (χ4n) is 6.30. The number of rotatable bonds is 5. The summed E-state index contributed by atoms with van der Waals surface area (Å²) in [6.07, 6.45) is 10.3. The van der Waals surface area contributed by atoms with Gasteiger partial charge in [-0.1, -0.05) is 19.6 Å². The van der Waals surface area contributed by atoms with Crippen molar-refractivity contribution in [2.24, 2.45) is 4.99 Å². The van der Waals surface area contributed by atoms with E-state index in [0.717, 1.165) is 73.2 Å². The summed E-state index contributed by atoms with van der Waals surface area (Å²) < 4.78 is 5.39. The Balaban J connectivity index is 1.81. The van der Waals surface area contributed by atoms with Crippen LogP contribution < -0.4 is 21.3 Å². The Hall–Kier alpha value is -5.18. The smallest absolute Gasteiger partial charge is 0.303 e. The maximum atomic E-state index is 11.6. The van der Waals surface area contributed by atoms with Crippen molar-refractivity contribution in [3.63, 3.8) is 0 Å². The number of allylic oxidation sites excluding steroid dienone is 3. The molecule has 3 aromatic rings. The first-order chi connectivity index (χ1) is 20.5. The predicted octanol–water partition coefficient (Wildman–Crippen LogP) is 3.65. The van der Waals surface area contributed by atoms with Crippen LogP contribution in [0.15, 0.2) is 40.4 Å². The van der Waals surface area contributed by atoms with E-state index in [2.05, 4.69) is 41.5 Å². The van der Waals surface area contributed by atoms with Gasteiger partial charge >= 0.3 is 5.97 Å². The molecule has 0 spiro atoms. The quantitative estimate of drug-likeness (QED) is 0.274. The zero-order valence-corrected chi connectivity index (χ0v) is 24.8. The van der Waals surface area contributed by atoms with Crippen molar-refractivity contribution in [3.8, 4) is 0 Å². The molecule has 6 heterocycles. The number of nitrogens with one attached hydrogen (secondary N) is 3. The summed E-state index contributed by atoms with van der Waals surface area (Å²) in [5.74, 6) is -1.86. The van der Waals surface area contributed by atoms with Gasteiger partial charge in [-0.2, -0.15) is 0 Å². The molecule has 3 aromatic heterocycles. The van der Waals surface area contributed by atoms with Gasteiger partial charge in [0.05, 0.1) is 22.0 Å². The van der Waals surface area contributed by atoms with E-state index in [-0.39, 0.29) is 12.8 Å². The molecule has 3 aliphatic rings. The van der Waals surface area contributed by atoms with Crippen molar-refractivity contribution in [2.75, 3.05) is 0 Å². The molecule has 9 nitrogen and oxygen atoms in total. The minimum absolute atomic E-state index is 0.0964. The van der Waals surface area contributed by atoms with Crippen molar-refractivity contribution >= 4 is 47.5 Å². The normalized spacial score (nSPS) is 15.7. The lowest BCUT2D eigenvalue weighted by atomic mass is 9.95. The number of aromatic amines is 3. The second-order valence-electron chi connectivity index (χ2n) is 11.1. The maximum Gasteiger partial charge on any atom is 0.303 e. The van der Waals surface area contributed by atoms with Crippen LogP contribution in [0.25, 0.3) is 35.8 Å². The lowest BCUT2D eigenvalue weighted by Crippen LogP contribution is -2.31. The summed E-state index contributed by atoms with van der Waals surface area (Å²) in [6.45, 7) is 14.1. The second kappa shape index (κ2) is 10.3. The highest BCUT2D eigenvalue weighted by atomic mass is 16.7. The highest BCUT2D eigenvalue weighted by Gasteiger charge is 2.28. The van der Waals surface area contributed by atoms with Gasteiger partial charge in [-0.15, -0.1) is 0 Å². The highest BCUT2D eigenvalue weighted by Crippen LogP contribution is 2.34.